The van der Waals surface area contributed by atoms with Gasteiger partial charge in [-0.25, -0.2) is 4.79 Å². The van der Waals surface area contributed by atoms with Crippen LogP contribution in [-0.4, -0.2) is 55.5 Å². The molecule has 0 saturated carbocycles. The molecule has 112 valence electrons. The number of nitrogens with one attached hydrogen (secondary N) is 1. The lowest BCUT2D eigenvalue weighted by Crippen LogP contribution is -2.52. The SMILES string of the molecule is CC1=CCCN(C(=O)N[C@@H]2CCO[C@]3(CCOC3)C2)C1. The first-order valence-corrected chi connectivity index (χ1v) is 7.60. The summed E-state index contributed by atoms with van der Waals surface area (Å²) in [6.07, 6.45) is 5.90. The number of carbonyl (C=O) groups is 1. The van der Waals surface area contributed by atoms with E-state index in [9.17, 15) is 4.79 Å². The van der Waals surface area contributed by atoms with Crippen LogP contribution in [0.1, 0.15) is 32.6 Å². The lowest BCUT2D eigenvalue weighted by atomic mass is 9.90. The van der Waals surface area contributed by atoms with Crippen molar-refractivity contribution < 1.29 is 14.3 Å². The van der Waals surface area contributed by atoms with E-state index in [1.54, 1.807) is 0 Å². The molecule has 3 rings (SSSR count). The number of hydrogen-bond donors (Lipinski definition) is 1. The molecule has 0 bridgehead atoms. The van der Waals surface area contributed by atoms with E-state index in [-0.39, 0.29) is 17.7 Å². The van der Waals surface area contributed by atoms with Crippen LogP contribution in [0.2, 0.25) is 0 Å². The van der Waals surface area contributed by atoms with Crippen molar-refractivity contribution in [3.63, 3.8) is 0 Å². The van der Waals surface area contributed by atoms with E-state index >= 15 is 0 Å². The van der Waals surface area contributed by atoms with Crippen molar-refractivity contribution in [2.45, 2.75) is 44.2 Å². The molecule has 0 radical (unpaired) electrons. The van der Waals surface area contributed by atoms with Crippen LogP contribution < -0.4 is 5.32 Å². The number of amides is 2. The summed E-state index contributed by atoms with van der Waals surface area (Å²) in [4.78, 5) is 14.2. The minimum atomic E-state index is -0.145. The third-order valence-electron chi connectivity index (χ3n) is 4.51. The summed E-state index contributed by atoms with van der Waals surface area (Å²) in [5, 5.41) is 3.18. The molecule has 2 amide bonds. The second-order valence-corrected chi connectivity index (χ2v) is 6.23. The summed E-state index contributed by atoms with van der Waals surface area (Å²) in [6, 6.07) is 0.280. The third kappa shape index (κ3) is 2.99. The van der Waals surface area contributed by atoms with Gasteiger partial charge >= 0.3 is 6.03 Å². The van der Waals surface area contributed by atoms with Gasteiger partial charge in [0.2, 0.25) is 0 Å². The Balaban J connectivity index is 1.54. The molecule has 3 heterocycles. The molecule has 5 nitrogen and oxygen atoms in total. The molecule has 5 heteroatoms. The number of hydrogen-bond acceptors (Lipinski definition) is 3. The molecule has 2 saturated heterocycles. The van der Waals surface area contributed by atoms with Gasteiger partial charge in [0.25, 0.3) is 0 Å². The van der Waals surface area contributed by atoms with Crippen molar-refractivity contribution in [1.82, 2.24) is 10.2 Å². The van der Waals surface area contributed by atoms with Crippen LogP contribution in [0.5, 0.6) is 0 Å². The fraction of sp³-hybridized carbons (Fsp3) is 0.800. The van der Waals surface area contributed by atoms with Crippen molar-refractivity contribution in [3.05, 3.63) is 11.6 Å². The number of rotatable bonds is 1. The van der Waals surface area contributed by atoms with Gasteiger partial charge in [0, 0.05) is 38.8 Å². The number of urea groups is 1. The zero-order chi connectivity index (χ0) is 14.0. The van der Waals surface area contributed by atoms with Crippen LogP contribution in [0.15, 0.2) is 11.6 Å². The van der Waals surface area contributed by atoms with Crippen LogP contribution in [0.4, 0.5) is 4.79 Å². The van der Waals surface area contributed by atoms with E-state index in [4.69, 9.17) is 9.47 Å². The van der Waals surface area contributed by atoms with Gasteiger partial charge in [0.05, 0.1) is 12.2 Å². The predicted octanol–water partition coefficient (Wildman–Crippen LogP) is 1.69. The minimum absolute atomic E-state index is 0.0680. The predicted molar refractivity (Wildman–Crippen MR) is 75.6 cm³/mol. The van der Waals surface area contributed by atoms with Crippen molar-refractivity contribution in [1.29, 1.82) is 0 Å². The maximum absolute atomic E-state index is 12.3. The van der Waals surface area contributed by atoms with Gasteiger partial charge in [0.1, 0.15) is 0 Å². The average Bonchev–Trinajstić information content (AvgIpc) is 2.87. The number of ether oxygens (including phenoxy) is 2. The van der Waals surface area contributed by atoms with E-state index in [2.05, 4.69) is 18.3 Å². The molecular weight excluding hydrogens is 256 g/mol. The fourth-order valence-electron chi connectivity index (χ4n) is 3.36. The molecule has 3 aliphatic rings. The van der Waals surface area contributed by atoms with Gasteiger partial charge < -0.3 is 19.7 Å². The first-order valence-electron chi connectivity index (χ1n) is 7.60. The zero-order valence-corrected chi connectivity index (χ0v) is 12.2. The largest absolute Gasteiger partial charge is 0.378 e. The van der Waals surface area contributed by atoms with Gasteiger partial charge in [-0.1, -0.05) is 11.6 Å². The second kappa shape index (κ2) is 5.74. The van der Waals surface area contributed by atoms with E-state index < -0.39 is 0 Å². The maximum Gasteiger partial charge on any atom is 0.317 e. The molecular formula is C15H24N2O3. The van der Waals surface area contributed by atoms with Gasteiger partial charge in [0.15, 0.2) is 0 Å². The first kappa shape index (κ1) is 13.9. The van der Waals surface area contributed by atoms with Gasteiger partial charge in [-0.2, -0.15) is 0 Å². The van der Waals surface area contributed by atoms with E-state index in [0.717, 1.165) is 45.4 Å². The van der Waals surface area contributed by atoms with Gasteiger partial charge in [-0.05, 0) is 26.2 Å². The van der Waals surface area contributed by atoms with Crippen LogP contribution in [0.25, 0.3) is 0 Å². The van der Waals surface area contributed by atoms with E-state index in [1.807, 2.05) is 4.90 Å². The third-order valence-corrected chi connectivity index (χ3v) is 4.51. The summed E-state index contributed by atoms with van der Waals surface area (Å²) in [5.74, 6) is 0. The molecule has 1 N–H and O–H groups in total. The highest BCUT2D eigenvalue weighted by atomic mass is 16.6. The molecule has 0 aromatic heterocycles. The van der Waals surface area contributed by atoms with Crippen LogP contribution in [0, 0.1) is 0 Å². The van der Waals surface area contributed by atoms with Crippen LogP contribution in [-0.2, 0) is 9.47 Å². The quantitative estimate of drug-likeness (QED) is 0.744. The lowest BCUT2D eigenvalue weighted by Gasteiger charge is -2.38. The average molecular weight is 280 g/mol. The van der Waals surface area contributed by atoms with Crippen molar-refractivity contribution in [2.75, 3.05) is 32.9 Å². The molecule has 0 aromatic rings. The summed E-state index contributed by atoms with van der Waals surface area (Å²) in [5.41, 5.74) is 1.13. The van der Waals surface area contributed by atoms with E-state index in [1.165, 1.54) is 5.57 Å². The smallest absolute Gasteiger partial charge is 0.317 e. The topological polar surface area (TPSA) is 50.8 Å². The Morgan fingerprint density at radius 3 is 3.15 bits per heavy atom. The highest BCUT2D eigenvalue weighted by Gasteiger charge is 2.41. The Bertz CT molecular complexity index is 402. The fourth-order valence-corrected chi connectivity index (χ4v) is 3.36. The molecule has 20 heavy (non-hydrogen) atoms. The van der Waals surface area contributed by atoms with Crippen LogP contribution in [0.3, 0.4) is 0 Å². The lowest BCUT2D eigenvalue weighted by molar-refractivity contribution is -0.0881. The normalized spacial score (nSPS) is 34.1. The van der Waals surface area contributed by atoms with Gasteiger partial charge in [-0.3, -0.25) is 0 Å². The molecule has 2 fully saturated rings. The van der Waals surface area contributed by atoms with Crippen molar-refractivity contribution in [3.8, 4) is 0 Å². The first-order chi connectivity index (χ1) is 9.67. The Hall–Kier alpha value is -1.07. The summed E-state index contributed by atoms with van der Waals surface area (Å²) in [6.45, 7) is 5.82. The summed E-state index contributed by atoms with van der Waals surface area (Å²) >= 11 is 0. The number of carbonyl (C=O) groups excluding carboxylic acids is 1. The van der Waals surface area contributed by atoms with Crippen molar-refractivity contribution in [2.24, 2.45) is 0 Å². The highest BCUT2D eigenvalue weighted by molar-refractivity contribution is 5.75. The highest BCUT2D eigenvalue weighted by Crippen LogP contribution is 2.32. The Labute approximate surface area is 120 Å². The van der Waals surface area contributed by atoms with Gasteiger partial charge in [-0.15, -0.1) is 0 Å². The molecule has 0 aliphatic carbocycles. The molecule has 1 spiro atoms. The zero-order valence-electron chi connectivity index (χ0n) is 12.2. The summed E-state index contributed by atoms with van der Waals surface area (Å²) < 4.78 is 11.4. The molecule has 0 aromatic carbocycles. The minimum Gasteiger partial charge on any atom is -0.378 e. The monoisotopic (exact) mass is 280 g/mol. The van der Waals surface area contributed by atoms with E-state index in [0.29, 0.717) is 13.2 Å². The Morgan fingerprint density at radius 1 is 1.50 bits per heavy atom. The second-order valence-electron chi connectivity index (χ2n) is 6.23. The molecule has 0 unspecified atom stereocenters. The molecule has 2 atom stereocenters. The maximum atomic E-state index is 12.3. The van der Waals surface area contributed by atoms with Crippen LogP contribution >= 0.6 is 0 Å². The Morgan fingerprint density at radius 2 is 2.40 bits per heavy atom. The molecule has 3 aliphatic heterocycles. The summed E-state index contributed by atoms with van der Waals surface area (Å²) in [7, 11) is 0. The Kier molecular flexibility index (Phi) is 3.98. The standard InChI is InChI=1S/C15H24N2O3/c1-12-3-2-6-17(10-12)14(18)16-13-4-7-20-15(9-13)5-8-19-11-15/h3,13H,2,4-11H2,1H3,(H,16,18)/t13-,15-/m1/s1. The van der Waals surface area contributed by atoms with Crippen molar-refractivity contribution >= 4 is 6.03 Å². The number of nitrogens with zero attached hydrogens (tertiary/aromatic N) is 1.